The number of nitrogens with one attached hydrogen (secondary N) is 2. The molecule has 2 fully saturated rings. The number of rotatable bonds is 11. The molecule has 0 aliphatic carbocycles. The molecular formula is C34H41N3O7. The minimum Gasteiger partial charge on any atom is -0.465 e. The summed E-state index contributed by atoms with van der Waals surface area (Å²) in [6.07, 6.45) is 0.0363. The van der Waals surface area contributed by atoms with E-state index in [1.54, 1.807) is 6.92 Å². The predicted octanol–water partition coefficient (Wildman–Crippen LogP) is 4.09. The summed E-state index contributed by atoms with van der Waals surface area (Å²) >= 11 is 0. The number of esters is 1. The highest BCUT2D eigenvalue weighted by molar-refractivity contribution is 5.81. The van der Waals surface area contributed by atoms with Crippen molar-refractivity contribution in [2.45, 2.75) is 45.0 Å². The Kier molecular flexibility index (Phi) is 11.3. The third kappa shape index (κ3) is 8.64. The molecule has 0 saturated carbocycles. The maximum atomic E-state index is 12.2. The third-order valence-corrected chi connectivity index (χ3v) is 7.83. The standard InChI is InChI=1S/C34H41N3O7/c1-2-42-32(39)21-36-34(40)35-20-28-5-3-4-6-30(28)25-11-13-27(14-12-25)33-43-29(22-37-15-17-41-18-16-37)19-31(44-33)26-9-7-24(23-38)8-10-26/h3-14,29,31,33,38H,2,15-23H2,1H3,(H2,35,36,40)/t29-,31+,33+/m0/s1. The normalized spacial score (nSPS) is 20.5. The van der Waals surface area contributed by atoms with Crippen LogP contribution in [0, 0.1) is 0 Å². The molecular weight excluding hydrogens is 562 g/mol. The average Bonchev–Trinajstić information content (AvgIpc) is 3.07. The lowest BCUT2D eigenvalue weighted by atomic mass is 9.97. The first-order valence-corrected chi connectivity index (χ1v) is 15.2. The fourth-order valence-electron chi connectivity index (χ4n) is 5.48. The third-order valence-electron chi connectivity index (χ3n) is 7.83. The highest BCUT2D eigenvalue weighted by Crippen LogP contribution is 2.39. The maximum absolute atomic E-state index is 12.2. The van der Waals surface area contributed by atoms with Crippen LogP contribution < -0.4 is 10.6 Å². The molecule has 0 spiro atoms. The van der Waals surface area contributed by atoms with Crippen LogP contribution in [-0.2, 0) is 36.9 Å². The van der Waals surface area contributed by atoms with Gasteiger partial charge in [-0.05, 0) is 34.7 Å². The van der Waals surface area contributed by atoms with Gasteiger partial charge in [0.1, 0.15) is 6.54 Å². The molecule has 0 bridgehead atoms. The van der Waals surface area contributed by atoms with Gasteiger partial charge in [-0.2, -0.15) is 0 Å². The van der Waals surface area contributed by atoms with Gasteiger partial charge in [0.15, 0.2) is 6.29 Å². The molecule has 0 radical (unpaired) electrons. The van der Waals surface area contributed by atoms with Gasteiger partial charge in [0.25, 0.3) is 0 Å². The zero-order valence-corrected chi connectivity index (χ0v) is 25.1. The molecule has 2 aliphatic heterocycles. The van der Waals surface area contributed by atoms with Crippen molar-refractivity contribution in [2.24, 2.45) is 0 Å². The van der Waals surface area contributed by atoms with E-state index in [0.717, 1.165) is 72.6 Å². The van der Waals surface area contributed by atoms with E-state index >= 15 is 0 Å². The minimum absolute atomic E-state index is 0.00537. The number of ether oxygens (including phenoxy) is 4. The second kappa shape index (κ2) is 15.8. The van der Waals surface area contributed by atoms with Crippen molar-refractivity contribution < 1.29 is 33.6 Å². The average molecular weight is 604 g/mol. The molecule has 10 nitrogen and oxygen atoms in total. The van der Waals surface area contributed by atoms with Crippen molar-refractivity contribution in [3.05, 3.63) is 95.1 Å². The fourth-order valence-corrected chi connectivity index (χ4v) is 5.48. The molecule has 2 aliphatic rings. The molecule has 0 aromatic heterocycles. The Morgan fingerprint density at radius 1 is 0.932 bits per heavy atom. The van der Waals surface area contributed by atoms with Crippen LogP contribution in [0.15, 0.2) is 72.8 Å². The molecule has 3 N–H and O–H groups in total. The van der Waals surface area contributed by atoms with Gasteiger partial charge in [-0.15, -0.1) is 0 Å². The van der Waals surface area contributed by atoms with E-state index in [2.05, 4.69) is 15.5 Å². The first-order valence-electron chi connectivity index (χ1n) is 15.2. The van der Waals surface area contributed by atoms with E-state index in [9.17, 15) is 14.7 Å². The number of benzene rings is 3. The number of carbonyl (C=O) groups excluding carboxylic acids is 2. The monoisotopic (exact) mass is 603 g/mol. The van der Waals surface area contributed by atoms with Crippen molar-refractivity contribution in [2.75, 3.05) is 46.0 Å². The molecule has 2 heterocycles. The van der Waals surface area contributed by atoms with Gasteiger partial charge in [-0.1, -0.05) is 72.8 Å². The van der Waals surface area contributed by atoms with Gasteiger partial charge < -0.3 is 34.7 Å². The number of amides is 2. The Labute approximate surface area is 258 Å². The quantitative estimate of drug-likeness (QED) is 0.281. The molecule has 10 heteroatoms. The Hall–Kier alpha value is -3.80. The van der Waals surface area contributed by atoms with Gasteiger partial charge in [0.2, 0.25) is 0 Å². The van der Waals surface area contributed by atoms with Crippen LogP contribution in [0.4, 0.5) is 4.79 Å². The van der Waals surface area contributed by atoms with Gasteiger partial charge >= 0.3 is 12.0 Å². The van der Waals surface area contributed by atoms with Crippen molar-refractivity contribution in [1.82, 2.24) is 15.5 Å². The van der Waals surface area contributed by atoms with Crippen molar-refractivity contribution in [3.8, 4) is 11.1 Å². The zero-order chi connectivity index (χ0) is 30.7. The van der Waals surface area contributed by atoms with Crippen LogP contribution in [0.1, 0.15) is 48.0 Å². The smallest absolute Gasteiger partial charge is 0.325 e. The van der Waals surface area contributed by atoms with E-state index in [-0.39, 0.29) is 32.0 Å². The summed E-state index contributed by atoms with van der Waals surface area (Å²) in [5.41, 5.74) is 5.77. The maximum Gasteiger partial charge on any atom is 0.325 e. The Balaban J connectivity index is 1.28. The van der Waals surface area contributed by atoms with E-state index < -0.39 is 18.3 Å². The number of carbonyl (C=O) groups is 2. The molecule has 5 rings (SSSR count). The SMILES string of the molecule is CCOC(=O)CNC(=O)NCc1ccccc1-c1ccc([C@@H]2O[C@H](CN3CCOCC3)C[C@H](c3ccc(CO)cc3)O2)cc1. The van der Waals surface area contributed by atoms with E-state index in [4.69, 9.17) is 18.9 Å². The summed E-state index contributed by atoms with van der Waals surface area (Å²) < 4.78 is 23.4. The fraction of sp³-hybridized carbons (Fsp3) is 0.412. The Bertz CT molecular complexity index is 1360. The van der Waals surface area contributed by atoms with Crippen LogP contribution in [0.3, 0.4) is 0 Å². The van der Waals surface area contributed by atoms with Crippen LogP contribution in [-0.4, -0.2) is 74.1 Å². The lowest BCUT2D eigenvalue weighted by molar-refractivity contribution is -0.253. The molecule has 44 heavy (non-hydrogen) atoms. The van der Waals surface area contributed by atoms with Crippen LogP contribution in [0.25, 0.3) is 11.1 Å². The summed E-state index contributed by atoms with van der Waals surface area (Å²) in [4.78, 5) is 26.1. The van der Waals surface area contributed by atoms with Crippen LogP contribution in [0.2, 0.25) is 0 Å². The van der Waals surface area contributed by atoms with Crippen LogP contribution >= 0.6 is 0 Å². The highest BCUT2D eigenvalue weighted by atomic mass is 16.7. The summed E-state index contributed by atoms with van der Waals surface area (Å²) in [7, 11) is 0. The molecule has 2 saturated heterocycles. The molecule has 3 atom stereocenters. The van der Waals surface area contributed by atoms with Crippen molar-refractivity contribution in [1.29, 1.82) is 0 Å². The Morgan fingerprint density at radius 3 is 2.39 bits per heavy atom. The number of morpholine rings is 1. The van der Waals surface area contributed by atoms with E-state index in [1.807, 2.05) is 72.8 Å². The number of hydrogen-bond donors (Lipinski definition) is 3. The summed E-state index contributed by atoms with van der Waals surface area (Å²) in [5.74, 6) is -0.479. The zero-order valence-electron chi connectivity index (χ0n) is 25.1. The summed E-state index contributed by atoms with van der Waals surface area (Å²) in [6, 6.07) is 23.5. The second-order valence-electron chi connectivity index (χ2n) is 10.9. The van der Waals surface area contributed by atoms with E-state index in [1.165, 1.54) is 0 Å². The molecule has 3 aromatic carbocycles. The van der Waals surface area contributed by atoms with Gasteiger partial charge in [-0.25, -0.2) is 4.79 Å². The lowest BCUT2D eigenvalue weighted by Gasteiger charge is -2.39. The second-order valence-corrected chi connectivity index (χ2v) is 10.9. The van der Waals surface area contributed by atoms with E-state index in [0.29, 0.717) is 6.54 Å². The topological polar surface area (TPSA) is 119 Å². The molecule has 2 amide bonds. The molecule has 3 aromatic rings. The number of nitrogens with zero attached hydrogens (tertiary/aromatic N) is 1. The first kappa shape index (κ1) is 31.6. The summed E-state index contributed by atoms with van der Waals surface area (Å²) in [6.45, 7) is 6.14. The van der Waals surface area contributed by atoms with Gasteiger partial charge in [-0.3, -0.25) is 9.69 Å². The number of aliphatic hydroxyl groups excluding tert-OH is 1. The predicted molar refractivity (Wildman–Crippen MR) is 164 cm³/mol. The number of urea groups is 1. The Morgan fingerprint density at radius 2 is 1.66 bits per heavy atom. The first-order chi connectivity index (χ1) is 21.5. The van der Waals surface area contributed by atoms with Crippen molar-refractivity contribution >= 4 is 12.0 Å². The van der Waals surface area contributed by atoms with Crippen LogP contribution in [0.5, 0.6) is 0 Å². The van der Waals surface area contributed by atoms with Gasteiger partial charge in [0.05, 0.1) is 38.6 Å². The van der Waals surface area contributed by atoms with Gasteiger partial charge in [0, 0.05) is 38.2 Å². The number of aliphatic hydroxyl groups is 1. The molecule has 234 valence electrons. The summed E-state index contributed by atoms with van der Waals surface area (Å²) in [5, 5.41) is 14.8. The minimum atomic E-state index is -0.536. The lowest BCUT2D eigenvalue weighted by Crippen LogP contribution is -2.44. The number of hydrogen-bond acceptors (Lipinski definition) is 8. The largest absolute Gasteiger partial charge is 0.465 e. The molecule has 0 unspecified atom stereocenters. The highest BCUT2D eigenvalue weighted by Gasteiger charge is 2.33. The van der Waals surface area contributed by atoms with Crippen molar-refractivity contribution in [3.63, 3.8) is 0 Å².